The van der Waals surface area contributed by atoms with Gasteiger partial charge in [-0.2, -0.15) is 0 Å². The maximum atomic E-state index is 11.9. The first-order valence-electron chi connectivity index (χ1n) is 7.83. The highest BCUT2D eigenvalue weighted by Gasteiger charge is 2.04. The van der Waals surface area contributed by atoms with Crippen LogP contribution in [0.3, 0.4) is 0 Å². The van der Waals surface area contributed by atoms with E-state index in [9.17, 15) is 4.79 Å². The predicted molar refractivity (Wildman–Crippen MR) is 95.8 cm³/mol. The van der Waals surface area contributed by atoms with Crippen molar-refractivity contribution < 1.29 is 9.53 Å². The third-order valence-electron chi connectivity index (χ3n) is 3.10. The third-order valence-corrected chi connectivity index (χ3v) is 4.11. The first kappa shape index (κ1) is 17.4. The van der Waals surface area contributed by atoms with Crippen molar-refractivity contribution >= 4 is 17.7 Å². The van der Waals surface area contributed by atoms with Crippen molar-refractivity contribution in [1.29, 1.82) is 0 Å². The molecule has 0 fully saturated rings. The molecule has 1 N–H and O–H groups in total. The molecule has 0 aliphatic rings. The Kier molecular flexibility index (Phi) is 7.01. The topological polar surface area (TPSA) is 38.3 Å². The number of nitrogens with one attached hydrogen (secondary N) is 1. The quantitative estimate of drug-likeness (QED) is 0.735. The summed E-state index contributed by atoms with van der Waals surface area (Å²) in [5, 5.41) is 2.96. The van der Waals surface area contributed by atoms with Gasteiger partial charge in [-0.15, -0.1) is 11.8 Å². The van der Waals surface area contributed by atoms with E-state index in [1.54, 1.807) is 11.8 Å². The second-order valence-electron chi connectivity index (χ2n) is 5.50. The number of carbonyl (C=O) groups excluding carboxylic acids is 1. The molecule has 0 aliphatic heterocycles. The SMILES string of the molecule is CC(C)Oc1cccc(CNC(=O)CCSc2ccccc2)c1. The molecule has 3 nitrogen and oxygen atoms in total. The van der Waals surface area contributed by atoms with Gasteiger partial charge in [-0.05, 0) is 43.7 Å². The highest BCUT2D eigenvalue weighted by molar-refractivity contribution is 7.99. The molecule has 0 saturated heterocycles. The van der Waals surface area contributed by atoms with Crippen LogP contribution in [0.2, 0.25) is 0 Å². The van der Waals surface area contributed by atoms with Gasteiger partial charge in [0.15, 0.2) is 0 Å². The summed E-state index contributed by atoms with van der Waals surface area (Å²) in [5.74, 6) is 1.70. The molecule has 0 aliphatic carbocycles. The summed E-state index contributed by atoms with van der Waals surface area (Å²) in [5.41, 5.74) is 1.05. The van der Waals surface area contributed by atoms with Crippen LogP contribution >= 0.6 is 11.8 Å². The number of hydrogen-bond donors (Lipinski definition) is 1. The molecular weight excluding hydrogens is 306 g/mol. The van der Waals surface area contributed by atoms with Crippen molar-refractivity contribution in [3.05, 3.63) is 60.2 Å². The van der Waals surface area contributed by atoms with Crippen molar-refractivity contribution in [3.63, 3.8) is 0 Å². The van der Waals surface area contributed by atoms with E-state index in [0.29, 0.717) is 13.0 Å². The molecule has 4 heteroatoms. The maximum absolute atomic E-state index is 11.9. The smallest absolute Gasteiger partial charge is 0.221 e. The Morgan fingerprint density at radius 3 is 2.65 bits per heavy atom. The van der Waals surface area contributed by atoms with Crippen LogP contribution < -0.4 is 10.1 Å². The largest absolute Gasteiger partial charge is 0.491 e. The van der Waals surface area contributed by atoms with Crippen molar-refractivity contribution in [3.8, 4) is 5.75 Å². The molecule has 2 aromatic carbocycles. The highest BCUT2D eigenvalue weighted by Crippen LogP contribution is 2.18. The van der Waals surface area contributed by atoms with Crippen LogP contribution in [0.4, 0.5) is 0 Å². The van der Waals surface area contributed by atoms with E-state index in [4.69, 9.17) is 4.74 Å². The molecule has 23 heavy (non-hydrogen) atoms. The number of carbonyl (C=O) groups is 1. The Morgan fingerprint density at radius 2 is 1.91 bits per heavy atom. The van der Waals surface area contributed by atoms with Gasteiger partial charge < -0.3 is 10.1 Å². The molecule has 0 saturated carbocycles. The lowest BCUT2D eigenvalue weighted by Crippen LogP contribution is -2.23. The van der Waals surface area contributed by atoms with Gasteiger partial charge >= 0.3 is 0 Å². The molecule has 0 spiro atoms. The van der Waals surface area contributed by atoms with Crippen LogP contribution in [-0.4, -0.2) is 17.8 Å². The summed E-state index contributed by atoms with van der Waals surface area (Å²) in [7, 11) is 0. The molecule has 2 aromatic rings. The normalized spacial score (nSPS) is 10.6. The molecule has 0 aromatic heterocycles. The van der Waals surface area contributed by atoms with Gasteiger partial charge in [0, 0.05) is 23.6 Å². The Balaban J connectivity index is 1.71. The summed E-state index contributed by atoms with van der Waals surface area (Å²) in [6.07, 6.45) is 0.664. The van der Waals surface area contributed by atoms with Crippen LogP contribution in [0, 0.1) is 0 Å². The van der Waals surface area contributed by atoms with E-state index in [-0.39, 0.29) is 12.0 Å². The van der Waals surface area contributed by atoms with E-state index in [1.807, 2.05) is 56.3 Å². The van der Waals surface area contributed by atoms with Gasteiger partial charge in [0.25, 0.3) is 0 Å². The van der Waals surface area contributed by atoms with Crippen molar-refractivity contribution in [2.24, 2.45) is 0 Å². The van der Waals surface area contributed by atoms with Crippen LogP contribution in [-0.2, 0) is 11.3 Å². The Bertz CT molecular complexity index is 614. The van der Waals surface area contributed by atoms with Crippen LogP contribution in [0.25, 0.3) is 0 Å². The molecular formula is C19H23NO2S. The number of ether oxygens (including phenoxy) is 1. The van der Waals surface area contributed by atoms with Crippen molar-refractivity contribution in [1.82, 2.24) is 5.32 Å². The van der Waals surface area contributed by atoms with Crippen molar-refractivity contribution in [2.75, 3.05) is 5.75 Å². The zero-order valence-corrected chi connectivity index (χ0v) is 14.4. The summed E-state index contributed by atoms with van der Waals surface area (Å²) < 4.78 is 5.66. The van der Waals surface area contributed by atoms with Crippen molar-refractivity contribution in [2.45, 2.75) is 37.8 Å². The van der Waals surface area contributed by atoms with Crippen LogP contribution in [0.1, 0.15) is 25.8 Å². The van der Waals surface area contributed by atoms with E-state index >= 15 is 0 Å². The third kappa shape index (κ3) is 6.78. The summed E-state index contributed by atoms with van der Waals surface area (Å²) >= 11 is 1.70. The fourth-order valence-electron chi connectivity index (χ4n) is 2.07. The van der Waals surface area contributed by atoms with Gasteiger partial charge in [0.1, 0.15) is 5.75 Å². The van der Waals surface area contributed by atoms with Gasteiger partial charge in [-0.3, -0.25) is 4.79 Å². The Morgan fingerprint density at radius 1 is 1.13 bits per heavy atom. The van der Waals surface area contributed by atoms with Gasteiger partial charge in [-0.25, -0.2) is 0 Å². The van der Waals surface area contributed by atoms with Gasteiger partial charge in [0.05, 0.1) is 6.10 Å². The lowest BCUT2D eigenvalue weighted by molar-refractivity contribution is -0.120. The lowest BCUT2D eigenvalue weighted by atomic mass is 10.2. The second kappa shape index (κ2) is 9.26. The minimum atomic E-state index is 0.0728. The summed E-state index contributed by atoms with van der Waals surface area (Å²) in [4.78, 5) is 13.1. The average molecular weight is 329 g/mol. The number of hydrogen-bond acceptors (Lipinski definition) is 3. The Labute approximate surface area is 142 Å². The summed E-state index contributed by atoms with van der Waals surface area (Å²) in [6.45, 7) is 4.53. The molecule has 0 unspecified atom stereocenters. The number of rotatable bonds is 8. The first-order valence-corrected chi connectivity index (χ1v) is 8.82. The standard InChI is InChI=1S/C19H23NO2S/c1-15(2)22-17-8-6-7-16(13-17)14-20-19(21)11-12-23-18-9-4-3-5-10-18/h3-10,13,15H,11-12,14H2,1-2H3,(H,20,21). The maximum Gasteiger partial charge on any atom is 0.221 e. The van der Waals surface area contributed by atoms with E-state index in [2.05, 4.69) is 17.4 Å². The number of amides is 1. The average Bonchev–Trinajstić information content (AvgIpc) is 2.54. The monoisotopic (exact) mass is 329 g/mol. The van der Waals surface area contributed by atoms with Gasteiger partial charge in [0.2, 0.25) is 5.91 Å². The fraction of sp³-hybridized carbons (Fsp3) is 0.316. The summed E-state index contributed by atoms with van der Waals surface area (Å²) in [6, 6.07) is 18.0. The molecule has 1 amide bonds. The predicted octanol–water partition coefficient (Wildman–Crippen LogP) is 4.27. The lowest BCUT2D eigenvalue weighted by Gasteiger charge is -2.11. The first-order chi connectivity index (χ1) is 11.1. The molecule has 0 bridgehead atoms. The second-order valence-corrected chi connectivity index (χ2v) is 6.67. The van der Waals surface area contributed by atoms with Gasteiger partial charge in [-0.1, -0.05) is 30.3 Å². The minimum absolute atomic E-state index is 0.0728. The Hall–Kier alpha value is -1.94. The molecule has 122 valence electrons. The van der Waals surface area contributed by atoms with Crippen LogP contribution in [0.5, 0.6) is 5.75 Å². The highest BCUT2D eigenvalue weighted by atomic mass is 32.2. The molecule has 0 radical (unpaired) electrons. The zero-order chi connectivity index (χ0) is 16.5. The van der Waals surface area contributed by atoms with E-state index in [1.165, 1.54) is 4.90 Å². The van der Waals surface area contributed by atoms with E-state index in [0.717, 1.165) is 17.1 Å². The van der Waals surface area contributed by atoms with Crippen LogP contribution in [0.15, 0.2) is 59.5 Å². The fourth-order valence-corrected chi connectivity index (χ4v) is 2.94. The molecule has 0 heterocycles. The minimum Gasteiger partial charge on any atom is -0.491 e. The zero-order valence-electron chi connectivity index (χ0n) is 13.6. The van der Waals surface area contributed by atoms with E-state index < -0.39 is 0 Å². The number of benzene rings is 2. The molecule has 0 atom stereocenters. The number of thioether (sulfide) groups is 1. The molecule has 2 rings (SSSR count).